The largest absolute Gasteiger partial charge is 0.391 e. The van der Waals surface area contributed by atoms with Gasteiger partial charge in [-0.1, -0.05) is 0 Å². The first kappa shape index (κ1) is 15.5. The highest BCUT2D eigenvalue weighted by Crippen LogP contribution is 2.34. The van der Waals surface area contributed by atoms with E-state index in [-0.39, 0.29) is 57.2 Å². The molecule has 3 nitrogen and oxygen atoms in total. The van der Waals surface area contributed by atoms with Crippen LogP contribution in [0.25, 0.3) is 0 Å². The number of rotatable bonds is 2. The first-order chi connectivity index (χ1) is 6.95. The molecule has 1 saturated heterocycles. The Morgan fingerprint density at radius 2 is 1.81 bits per heavy atom. The Hall–Kier alpha value is -0.490. The van der Waals surface area contributed by atoms with E-state index < -0.39 is 12.1 Å². The van der Waals surface area contributed by atoms with Crippen LogP contribution in [0.15, 0.2) is 0 Å². The van der Waals surface area contributed by atoms with Crippen molar-refractivity contribution in [3.63, 3.8) is 0 Å². The average molecular weight is 261 g/mol. The molecular formula is C9H16ClF3N2O. The van der Waals surface area contributed by atoms with Gasteiger partial charge >= 0.3 is 6.18 Å². The third-order valence-corrected chi connectivity index (χ3v) is 2.67. The van der Waals surface area contributed by atoms with E-state index in [0.717, 1.165) is 0 Å². The van der Waals surface area contributed by atoms with Crippen LogP contribution in [-0.4, -0.2) is 36.6 Å². The molecule has 2 N–H and O–H groups in total. The Morgan fingerprint density at radius 1 is 1.31 bits per heavy atom. The van der Waals surface area contributed by atoms with Crippen molar-refractivity contribution >= 4 is 18.3 Å². The van der Waals surface area contributed by atoms with Crippen LogP contribution in [0.4, 0.5) is 13.2 Å². The summed E-state index contributed by atoms with van der Waals surface area (Å²) in [6, 6.07) is 0. The summed E-state index contributed by atoms with van der Waals surface area (Å²) < 4.78 is 36.9. The van der Waals surface area contributed by atoms with Crippen molar-refractivity contribution in [3.8, 4) is 0 Å². The van der Waals surface area contributed by atoms with Crippen LogP contribution in [0.5, 0.6) is 0 Å². The van der Waals surface area contributed by atoms with Gasteiger partial charge in [-0.2, -0.15) is 13.2 Å². The topological polar surface area (TPSA) is 46.3 Å². The summed E-state index contributed by atoms with van der Waals surface area (Å²) in [6.07, 6.45) is -3.88. The molecule has 0 aromatic rings. The van der Waals surface area contributed by atoms with Gasteiger partial charge in [-0.05, 0) is 12.8 Å². The highest BCUT2D eigenvalue weighted by Gasteiger charge is 2.41. The third-order valence-electron chi connectivity index (χ3n) is 2.67. The number of alkyl halides is 3. The van der Waals surface area contributed by atoms with Gasteiger partial charge in [0, 0.05) is 26.1 Å². The van der Waals surface area contributed by atoms with Crippen LogP contribution in [0.3, 0.4) is 0 Å². The smallest absolute Gasteiger partial charge is 0.343 e. The van der Waals surface area contributed by atoms with E-state index in [4.69, 9.17) is 5.73 Å². The van der Waals surface area contributed by atoms with Crippen LogP contribution in [0.1, 0.15) is 19.3 Å². The molecule has 7 heteroatoms. The molecule has 0 saturated carbocycles. The van der Waals surface area contributed by atoms with E-state index in [2.05, 4.69) is 0 Å². The van der Waals surface area contributed by atoms with E-state index in [9.17, 15) is 18.0 Å². The SMILES string of the molecule is Cl.NCCC(=O)N1CCC(C(F)(F)F)CC1. The van der Waals surface area contributed by atoms with Crippen molar-refractivity contribution in [1.29, 1.82) is 0 Å². The Kier molecular flexibility index (Phi) is 6.10. The van der Waals surface area contributed by atoms with Crippen molar-refractivity contribution in [3.05, 3.63) is 0 Å². The predicted molar refractivity (Wildman–Crippen MR) is 56.3 cm³/mol. The zero-order valence-corrected chi connectivity index (χ0v) is 9.61. The molecule has 0 spiro atoms. The van der Waals surface area contributed by atoms with E-state index in [1.54, 1.807) is 0 Å². The standard InChI is InChI=1S/C9H15F3N2O.ClH/c10-9(11,12)7-2-5-14(6-3-7)8(15)1-4-13;/h7H,1-6,13H2;1H. The summed E-state index contributed by atoms with van der Waals surface area (Å²) in [5, 5.41) is 0. The van der Waals surface area contributed by atoms with Crippen molar-refractivity contribution in [2.75, 3.05) is 19.6 Å². The molecule has 1 aliphatic rings. The fourth-order valence-corrected chi connectivity index (χ4v) is 1.74. The summed E-state index contributed by atoms with van der Waals surface area (Å²) in [4.78, 5) is 12.8. The fourth-order valence-electron chi connectivity index (χ4n) is 1.74. The van der Waals surface area contributed by atoms with Gasteiger partial charge in [-0.3, -0.25) is 4.79 Å². The normalized spacial score (nSPS) is 18.1. The Labute approximate surface area is 98.6 Å². The van der Waals surface area contributed by atoms with Gasteiger partial charge in [0.1, 0.15) is 0 Å². The van der Waals surface area contributed by atoms with Gasteiger partial charge in [-0.25, -0.2) is 0 Å². The summed E-state index contributed by atoms with van der Waals surface area (Å²) in [5.74, 6) is -1.39. The number of nitrogens with zero attached hydrogens (tertiary/aromatic N) is 1. The van der Waals surface area contributed by atoms with Crippen molar-refractivity contribution in [1.82, 2.24) is 4.90 Å². The summed E-state index contributed by atoms with van der Waals surface area (Å²) >= 11 is 0. The van der Waals surface area contributed by atoms with Crippen LogP contribution in [0.2, 0.25) is 0 Å². The minimum Gasteiger partial charge on any atom is -0.343 e. The lowest BCUT2D eigenvalue weighted by Gasteiger charge is -2.32. The number of hydrogen-bond acceptors (Lipinski definition) is 2. The molecule has 1 rings (SSSR count). The third kappa shape index (κ3) is 4.17. The Balaban J connectivity index is 0.00000225. The molecular weight excluding hydrogens is 245 g/mol. The van der Waals surface area contributed by atoms with Crippen LogP contribution in [0, 0.1) is 5.92 Å². The second-order valence-corrected chi connectivity index (χ2v) is 3.74. The molecule has 0 radical (unpaired) electrons. The van der Waals surface area contributed by atoms with Gasteiger partial charge < -0.3 is 10.6 Å². The molecule has 0 aromatic carbocycles. The average Bonchev–Trinajstić information content (AvgIpc) is 2.17. The molecule has 16 heavy (non-hydrogen) atoms. The quantitative estimate of drug-likeness (QED) is 0.819. The fraction of sp³-hybridized carbons (Fsp3) is 0.889. The molecule has 1 aliphatic heterocycles. The second-order valence-electron chi connectivity index (χ2n) is 3.74. The molecule has 0 unspecified atom stereocenters. The van der Waals surface area contributed by atoms with Crippen LogP contribution >= 0.6 is 12.4 Å². The maximum Gasteiger partial charge on any atom is 0.391 e. The van der Waals surface area contributed by atoms with Crippen molar-refractivity contribution in [2.45, 2.75) is 25.4 Å². The monoisotopic (exact) mass is 260 g/mol. The lowest BCUT2D eigenvalue weighted by Crippen LogP contribution is -2.42. The molecule has 0 bridgehead atoms. The number of likely N-dealkylation sites (tertiary alicyclic amines) is 1. The minimum atomic E-state index is -4.12. The van der Waals surface area contributed by atoms with E-state index >= 15 is 0 Å². The highest BCUT2D eigenvalue weighted by molar-refractivity contribution is 5.85. The first-order valence-corrected chi connectivity index (χ1v) is 4.99. The molecule has 1 amide bonds. The highest BCUT2D eigenvalue weighted by atomic mass is 35.5. The maximum atomic E-state index is 12.3. The van der Waals surface area contributed by atoms with Crippen LogP contribution < -0.4 is 5.73 Å². The summed E-state index contributed by atoms with van der Waals surface area (Å²) in [6.45, 7) is 0.643. The predicted octanol–water partition coefficient (Wildman–Crippen LogP) is 1.56. The lowest BCUT2D eigenvalue weighted by atomic mass is 9.96. The number of halogens is 4. The van der Waals surface area contributed by atoms with E-state index in [1.165, 1.54) is 4.90 Å². The van der Waals surface area contributed by atoms with Gasteiger partial charge in [0.15, 0.2) is 0 Å². The molecule has 0 aliphatic carbocycles. The molecule has 0 aromatic heterocycles. The van der Waals surface area contributed by atoms with Gasteiger partial charge in [-0.15, -0.1) is 12.4 Å². The zero-order valence-electron chi connectivity index (χ0n) is 8.79. The van der Waals surface area contributed by atoms with Gasteiger partial charge in [0.05, 0.1) is 5.92 Å². The Bertz CT molecular complexity index is 227. The van der Waals surface area contributed by atoms with Gasteiger partial charge in [0.2, 0.25) is 5.91 Å². The zero-order chi connectivity index (χ0) is 11.5. The number of nitrogens with two attached hydrogens (primary N) is 1. The lowest BCUT2D eigenvalue weighted by molar-refractivity contribution is -0.186. The first-order valence-electron chi connectivity index (χ1n) is 4.99. The van der Waals surface area contributed by atoms with Crippen LogP contribution in [-0.2, 0) is 4.79 Å². The molecule has 1 fully saturated rings. The van der Waals surface area contributed by atoms with Crippen molar-refractivity contribution < 1.29 is 18.0 Å². The second kappa shape index (κ2) is 6.30. The van der Waals surface area contributed by atoms with Crippen molar-refractivity contribution in [2.24, 2.45) is 11.7 Å². The van der Waals surface area contributed by atoms with E-state index in [0.29, 0.717) is 0 Å². The van der Waals surface area contributed by atoms with Gasteiger partial charge in [0.25, 0.3) is 0 Å². The Morgan fingerprint density at radius 3 is 2.19 bits per heavy atom. The number of carbonyl (C=O) groups is 1. The number of amides is 1. The van der Waals surface area contributed by atoms with E-state index in [1.807, 2.05) is 0 Å². The molecule has 96 valence electrons. The number of hydrogen-bond donors (Lipinski definition) is 1. The number of carbonyl (C=O) groups excluding carboxylic acids is 1. The minimum absolute atomic E-state index is 0. The number of piperidine rings is 1. The summed E-state index contributed by atoms with van der Waals surface area (Å²) in [5.41, 5.74) is 5.21. The molecule has 0 atom stereocenters. The maximum absolute atomic E-state index is 12.3. The molecule has 1 heterocycles. The summed E-state index contributed by atoms with van der Waals surface area (Å²) in [7, 11) is 0.